The first-order valence-electron chi connectivity index (χ1n) is 6.77. The molecule has 0 bridgehead atoms. The van der Waals surface area contributed by atoms with E-state index < -0.39 is 11.9 Å². The van der Waals surface area contributed by atoms with Crippen molar-refractivity contribution in [1.82, 2.24) is 20.9 Å². The Morgan fingerprint density at radius 1 is 1.32 bits per heavy atom. The van der Waals surface area contributed by atoms with Gasteiger partial charge in [-0.2, -0.15) is 0 Å². The molecule has 0 spiro atoms. The molecule has 1 atom stereocenters. The maximum absolute atomic E-state index is 11.4. The number of hydrogen-bond acceptors (Lipinski definition) is 4. The fourth-order valence-electron chi connectivity index (χ4n) is 1.83. The highest BCUT2D eigenvalue weighted by Gasteiger charge is 2.12. The fourth-order valence-corrected chi connectivity index (χ4v) is 1.83. The van der Waals surface area contributed by atoms with E-state index in [4.69, 9.17) is 5.11 Å². The number of piperazine rings is 1. The Morgan fingerprint density at radius 3 is 2.63 bits per heavy atom. The van der Waals surface area contributed by atoms with Gasteiger partial charge in [-0.25, -0.2) is 4.79 Å². The number of carbonyl (C=O) groups excluding carboxylic acids is 1. The Bertz CT molecular complexity index is 293. The van der Waals surface area contributed by atoms with Crippen molar-refractivity contribution >= 4 is 12.0 Å². The molecule has 1 heterocycles. The number of aliphatic carboxylic acids is 1. The molecule has 7 nitrogen and oxygen atoms in total. The molecule has 1 saturated heterocycles. The van der Waals surface area contributed by atoms with E-state index in [0.717, 1.165) is 39.1 Å². The van der Waals surface area contributed by atoms with Crippen molar-refractivity contribution in [3.63, 3.8) is 0 Å². The summed E-state index contributed by atoms with van der Waals surface area (Å²) < 4.78 is 0. The third-order valence-electron chi connectivity index (χ3n) is 3.14. The van der Waals surface area contributed by atoms with Gasteiger partial charge in [0.1, 0.15) is 0 Å². The van der Waals surface area contributed by atoms with Gasteiger partial charge in [-0.1, -0.05) is 6.92 Å². The number of hydrogen-bond donors (Lipinski definition) is 4. The van der Waals surface area contributed by atoms with Crippen LogP contribution in [0.5, 0.6) is 0 Å². The van der Waals surface area contributed by atoms with E-state index in [-0.39, 0.29) is 12.6 Å². The van der Waals surface area contributed by atoms with Crippen LogP contribution in [0.4, 0.5) is 4.79 Å². The summed E-state index contributed by atoms with van der Waals surface area (Å²) in [7, 11) is 0. The molecular weight excluding hydrogens is 248 g/mol. The Morgan fingerprint density at radius 2 is 2.00 bits per heavy atom. The molecule has 1 unspecified atom stereocenters. The molecule has 1 rings (SSSR count). The lowest BCUT2D eigenvalue weighted by atomic mass is 10.2. The Kier molecular flexibility index (Phi) is 7.20. The van der Waals surface area contributed by atoms with Crippen LogP contribution in [0, 0.1) is 5.92 Å². The van der Waals surface area contributed by atoms with E-state index in [0.29, 0.717) is 6.54 Å². The van der Waals surface area contributed by atoms with E-state index in [1.54, 1.807) is 6.92 Å². The molecular formula is C12H24N4O3. The highest BCUT2D eigenvalue weighted by molar-refractivity contribution is 5.75. The van der Waals surface area contributed by atoms with E-state index in [1.807, 2.05) is 0 Å². The normalized spacial score (nSPS) is 17.7. The number of rotatable bonds is 7. The van der Waals surface area contributed by atoms with Gasteiger partial charge in [0.05, 0.1) is 5.92 Å². The zero-order valence-corrected chi connectivity index (χ0v) is 11.4. The van der Waals surface area contributed by atoms with Gasteiger partial charge in [-0.3, -0.25) is 4.79 Å². The third-order valence-corrected chi connectivity index (χ3v) is 3.14. The minimum atomic E-state index is -0.904. The molecule has 0 aromatic heterocycles. The number of urea groups is 1. The highest BCUT2D eigenvalue weighted by Crippen LogP contribution is 1.94. The van der Waals surface area contributed by atoms with Gasteiger partial charge in [0.25, 0.3) is 0 Å². The third kappa shape index (κ3) is 6.97. The number of carboxylic acids is 1. The summed E-state index contributed by atoms with van der Waals surface area (Å²) in [5, 5.41) is 17.2. The van der Waals surface area contributed by atoms with Crippen molar-refractivity contribution in [2.45, 2.75) is 13.3 Å². The van der Waals surface area contributed by atoms with Crippen LogP contribution in [0.15, 0.2) is 0 Å². The molecule has 0 aromatic rings. The Balaban J connectivity index is 1.99. The van der Waals surface area contributed by atoms with Gasteiger partial charge in [0, 0.05) is 39.3 Å². The topological polar surface area (TPSA) is 93.7 Å². The van der Waals surface area contributed by atoms with Crippen LogP contribution in [0.3, 0.4) is 0 Å². The van der Waals surface area contributed by atoms with E-state index in [2.05, 4.69) is 20.9 Å². The zero-order valence-electron chi connectivity index (χ0n) is 11.4. The Hall–Kier alpha value is -1.34. The molecule has 0 aromatic carbocycles. The SMILES string of the molecule is CC(CNC(=O)NCCCN1CCNCC1)C(=O)O. The van der Waals surface area contributed by atoms with Crippen molar-refractivity contribution in [3.05, 3.63) is 0 Å². The van der Waals surface area contributed by atoms with Crippen molar-refractivity contribution in [1.29, 1.82) is 0 Å². The molecule has 7 heteroatoms. The predicted octanol–water partition coefficient (Wildman–Crippen LogP) is -0.698. The average molecular weight is 272 g/mol. The van der Waals surface area contributed by atoms with Crippen molar-refractivity contribution < 1.29 is 14.7 Å². The van der Waals surface area contributed by atoms with Gasteiger partial charge < -0.3 is 26.0 Å². The lowest BCUT2D eigenvalue weighted by Crippen LogP contribution is -2.45. The zero-order chi connectivity index (χ0) is 14.1. The summed E-state index contributed by atoms with van der Waals surface area (Å²) in [6.45, 7) is 7.48. The molecule has 1 aliphatic rings. The van der Waals surface area contributed by atoms with Gasteiger partial charge in [0.15, 0.2) is 0 Å². The van der Waals surface area contributed by atoms with Crippen molar-refractivity contribution in [3.8, 4) is 0 Å². The average Bonchev–Trinajstić information content (AvgIpc) is 2.42. The van der Waals surface area contributed by atoms with Crippen LogP contribution in [-0.4, -0.2) is 67.8 Å². The smallest absolute Gasteiger partial charge is 0.314 e. The van der Waals surface area contributed by atoms with E-state index in [9.17, 15) is 9.59 Å². The lowest BCUT2D eigenvalue weighted by Gasteiger charge is -2.27. The second-order valence-corrected chi connectivity index (χ2v) is 4.82. The van der Waals surface area contributed by atoms with Gasteiger partial charge >= 0.3 is 12.0 Å². The second kappa shape index (κ2) is 8.71. The fraction of sp³-hybridized carbons (Fsp3) is 0.833. The number of nitrogens with zero attached hydrogens (tertiary/aromatic N) is 1. The highest BCUT2D eigenvalue weighted by atomic mass is 16.4. The van der Waals surface area contributed by atoms with Gasteiger partial charge in [-0.15, -0.1) is 0 Å². The molecule has 110 valence electrons. The first-order valence-corrected chi connectivity index (χ1v) is 6.77. The molecule has 19 heavy (non-hydrogen) atoms. The van der Waals surface area contributed by atoms with E-state index >= 15 is 0 Å². The molecule has 0 saturated carbocycles. The van der Waals surface area contributed by atoms with E-state index in [1.165, 1.54) is 0 Å². The molecule has 1 aliphatic heterocycles. The van der Waals surface area contributed by atoms with Gasteiger partial charge in [0.2, 0.25) is 0 Å². The van der Waals surface area contributed by atoms with Crippen LogP contribution in [0.25, 0.3) is 0 Å². The first-order chi connectivity index (χ1) is 9.09. The summed E-state index contributed by atoms with van der Waals surface area (Å²) in [6, 6.07) is -0.298. The minimum Gasteiger partial charge on any atom is -0.481 e. The van der Waals surface area contributed by atoms with Crippen molar-refractivity contribution in [2.24, 2.45) is 5.92 Å². The van der Waals surface area contributed by atoms with Crippen LogP contribution < -0.4 is 16.0 Å². The first kappa shape index (κ1) is 15.7. The number of carbonyl (C=O) groups is 2. The van der Waals surface area contributed by atoms with Gasteiger partial charge in [-0.05, 0) is 13.0 Å². The van der Waals surface area contributed by atoms with Crippen LogP contribution >= 0.6 is 0 Å². The summed E-state index contributed by atoms with van der Waals surface area (Å²) in [5.41, 5.74) is 0. The van der Waals surface area contributed by atoms with Crippen LogP contribution in [0.2, 0.25) is 0 Å². The molecule has 0 radical (unpaired) electrons. The summed E-state index contributed by atoms with van der Waals surface area (Å²) in [4.78, 5) is 24.3. The monoisotopic (exact) mass is 272 g/mol. The largest absolute Gasteiger partial charge is 0.481 e. The maximum Gasteiger partial charge on any atom is 0.314 e. The van der Waals surface area contributed by atoms with Crippen molar-refractivity contribution in [2.75, 3.05) is 45.8 Å². The maximum atomic E-state index is 11.4. The molecule has 1 fully saturated rings. The molecule has 4 N–H and O–H groups in total. The summed E-state index contributed by atoms with van der Waals surface area (Å²) in [6.07, 6.45) is 0.905. The lowest BCUT2D eigenvalue weighted by molar-refractivity contribution is -0.140. The van der Waals surface area contributed by atoms with Crippen LogP contribution in [-0.2, 0) is 4.79 Å². The predicted molar refractivity (Wildman–Crippen MR) is 72.1 cm³/mol. The standard InChI is InChI=1S/C12H24N4O3/c1-10(11(17)18)9-15-12(19)14-3-2-6-16-7-4-13-5-8-16/h10,13H,2-9H2,1H3,(H,17,18)(H2,14,15,19). The number of nitrogens with one attached hydrogen (secondary N) is 3. The number of amides is 2. The van der Waals surface area contributed by atoms with Crippen LogP contribution in [0.1, 0.15) is 13.3 Å². The molecule has 0 aliphatic carbocycles. The number of carboxylic acid groups (broad SMARTS) is 1. The Labute approximate surface area is 113 Å². The molecule has 2 amide bonds. The minimum absolute atomic E-state index is 0.152. The second-order valence-electron chi connectivity index (χ2n) is 4.82. The summed E-state index contributed by atoms with van der Waals surface area (Å²) >= 11 is 0. The summed E-state index contributed by atoms with van der Waals surface area (Å²) in [5.74, 6) is -1.47. The quantitative estimate of drug-likeness (QED) is 0.460.